The summed E-state index contributed by atoms with van der Waals surface area (Å²) in [5.74, 6) is 0.248. The maximum absolute atomic E-state index is 11.7. The molecule has 1 saturated carbocycles. The van der Waals surface area contributed by atoms with Crippen molar-refractivity contribution in [2.45, 2.75) is 44.8 Å². The number of hydrogen-bond acceptors (Lipinski definition) is 3. The lowest BCUT2D eigenvalue weighted by Gasteiger charge is -2.13. The van der Waals surface area contributed by atoms with Gasteiger partial charge in [0.05, 0.1) is 5.75 Å². The van der Waals surface area contributed by atoms with Crippen LogP contribution < -0.4 is 0 Å². The van der Waals surface area contributed by atoms with Crippen molar-refractivity contribution in [2.75, 3.05) is 5.75 Å². The van der Waals surface area contributed by atoms with Crippen molar-refractivity contribution in [1.82, 2.24) is 0 Å². The smallest absolute Gasteiger partial charge is 0.160 e. The molecule has 1 atom stereocenters. The van der Waals surface area contributed by atoms with Crippen LogP contribution in [0.3, 0.4) is 0 Å². The Kier molecular flexibility index (Phi) is 3.70. The molecule has 82 valence electrons. The highest BCUT2D eigenvalue weighted by atomic mass is 32.2. The summed E-state index contributed by atoms with van der Waals surface area (Å²) in [6, 6.07) is 0. The predicted octanol–water partition coefficient (Wildman–Crippen LogP) is 1.57. The number of ketones is 1. The largest absolute Gasteiger partial charge is 0.299 e. The van der Waals surface area contributed by atoms with Crippen LogP contribution in [-0.4, -0.2) is 25.2 Å². The van der Waals surface area contributed by atoms with Crippen LogP contribution in [0.1, 0.15) is 39.5 Å². The van der Waals surface area contributed by atoms with E-state index in [2.05, 4.69) is 0 Å². The van der Waals surface area contributed by atoms with E-state index >= 15 is 0 Å². The van der Waals surface area contributed by atoms with Crippen LogP contribution in [0, 0.1) is 5.92 Å². The minimum atomic E-state index is -3.19. The van der Waals surface area contributed by atoms with E-state index in [4.69, 9.17) is 0 Å². The second kappa shape index (κ2) is 4.43. The van der Waals surface area contributed by atoms with Crippen LogP contribution in [0.15, 0.2) is 0 Å². The number of Topliss-reactive ketones (excluding diaryl/α,β-unsaturated/α-hetero) is 1. The molecule has 14 heavy (non-hydrogen) atoms. The van der Waals surface area contributed by atoms with Gasteiger partial charge in [0.2, 0.25) is 0 Å². The summed E-state index contributed by atoms with van der Waals surface area (Å²) in [7, 11) is -3.19. The SMILES string of the molecule is CC(=O)C(C)S(=O)(=O)CC1CCCC1. The Morgan fingerprint density at radius 2 is 1.86 bits per heavy atom. The number of carbonyl (C=O) groups is 1. The normalized spacial score (nSPS) is 21.0. The molecule has 3 nitrogen and oxygen atoms in total. The van der Waals surface area contributed by atoms with Crippen LogP contribution in [-0.2, 0) is 14.6 Å². The molecule has 1 rings (SSSR count). The van der Waals surface area contributed by atoms with Gasteiger partial charge in [0, 0.05) is 0 Å². The summed E-state index contributed by atoms with van der Waals surface area (Å²) in [5.41, 5.74) is 0. The molecule has 0 radical (unpaired) electrons. The third-order valence-corrected chi connectivity index (χ3v) is 5.40. The van der Waals surface area contributed by atoms with Gasteiger partial charge in [0.25, 0.3) is 0 Å². The zero-order valence-electron chi connectivity index (χ0n) is 8.82. The zero-order chi connectivity index (χ0) is 10.8. The third kappa shape index (κ3) is 2.80. The van der Waals surface area contributed by atoms with E-state index in [1.54, 1.807) is 0 Å². The van der Waals surface area contributed by atoms with Crippen molar-refractivity contribution in [1.29, 1.82) is 0 Å². The second-order valence-electron chi connectivity index (χ2n) is 4.23. The summed E-state index contributed by atoms with van der Waals surface area (Å²) in [6.45, 7) is 2.84. The molecule has 1 fully saturated rings. The van der Waals surface area contributed by atoms with E-state index in [0.29, 0.717) is 5.92 Å². The van der Waals surface area contributed by atoms with Crippen molar-refractivity contribution < 1.29 is 13.2 Å². The van der Waals surface area contributed by atoms with Gasteiger partial charge in [0.15, 0.2) is 9.84 Å². The first-order valence-electron chi connectivity index (χ1n) is 5.15. The van der Waals surface area contributed by atoms with Crippen molar-refractivity contribution >= 4 is 15.6 Å². The molecule has 0 aromatic heterocycles. The quantitative estimate of drug-likeness (QED) is 0.719. The summed E-state index contributed by atoms with van der Waals surface area (Å²) < 4.78 is 23.4. The Labute approximate surface area is 85.8 Å². The third-order valence-electron chi connectivity index (χ3n) is 3.05. The van der Waals surface area contributed by atoms with Crippen molar-refractivity contribution in [3.8, 4) is 0 Å². The summed E-state index contributed by atoms with van der Waals surface area (Å²) in [6.07, 6.45) is 4.27. The molecule has 0 N–H and O–H groups in total. The Bertz CT molecular complexity index is 299. The predicted molar refractivity (Wildman–Crippen MR) is 55.9 cm³/mol. The number of carbonyl (C=O) groups excluding carboxylic acids is 1. The lowest BCUT2D eigenvalue weighted by molar-refractivity contribution is -0.116. The zero-order valence-corrected chi connectivity index (χ0v) is 9.64. The minimum Gasteiger partial charge on any atom is -0.299 e. The highest BCUT2D eigenvalue weighted by molar-refractivity contribution is 7.92. The Balaban J connectivity index is 2.61. The van der Waals surface area contributed by atoms with Gasteiger partial charge in [0.1, 0.15) is 11.0 Å². The number of sulfone groups is 1. The molecular weight excluding hydrogens is 200 g/mol. The van der Waals surface area contributed by atoms with Gasteiger partial charge >= 0.3 is 0 Å². The maximum Gasteiger partial charge on any atom is 0.160 e. The minimum absolute atomic E-state index is 0.202. The molecule has 0 amide bonds. The van der Waals surface area contributed by atoms with Crippen LogP contribution >= 0.6 is 0 Å². The van der Waals surface area contributed by atoms with Crippen molar-refractivity contribution in [3.05, 3.63) is 0 Å². The average Bonchev–Trinajstić information content (AvgIpc) is 2.54. The molecule has 0 saturated heterocycles. The Morgan fingerprint density at radius 1 is 1.36 bits per heavy atom. The van der Waals surface area contributed by atoms with Crippen molar-refractivity contribution in [2.24, 2.45) is 5.92 Å². The molecule has 1 aliphatic rings. The van der Waals surface area contributed by atoms with E-state index in [-0.39, 0.29) is 11.5 Å². The molecule has 0 spiro atoms. The Hall–Kier alpha value is -0.380. The molecule has 0 aliphatic heterocycles. The van der Waals surface area contributed by atoms with Crippen LogP contribution in [0.25, 0.3) is 0 Å². The fourth-order valence-electron chi connectivity index (χ4n) is 1.90. The Morgan fingerprint density at radius 3 is 2.29 bits per heavy atom. The number of rotatable bonds is 4. The van der Waals surface area contributed by atoms with Gasteiger partial charge in [-0.05, 0) is 32.6 Å². The van der Waals surface area contributed by atoms with Gasteiger partial charge in [-0.2, -0.15) is 0 Å². The monoisotopic (exact) mass is 218 g/mol. The standard InChI is InChI=1S/C10H18O3S/c1-8(11)9(2)14(12,13)7-10-5-3-4-6-10/h9-10H,3-7H2,1-2H3. The first-order chi connectivity index (χ1) is 6.43. The second-order valence-corrected chi connectivity index (χ2v) is 6.60. The van der Waals surface area contributed by atoms with Crippen LogP contribution in [0.5, 0.6) is 0 Å². The van der Waals surface area contributed by atoms with Crippen LogP contribution in [0.4, 0.5) is 0 Å². The first kappa shape index (κ1) is 11.7. The van der Waals surface area contributed by atoms with E-state index in [1.807, 2.05) is 0 Å². The lowest BCUT2D eigenvalue weighted by Crippen LogP contribution is -2.29. The number of hydrogen-bond donors (Lipinski definition) is 0. The van der Waals surface area contributed by atoms with Gasteiger partial charge in [-0.15, -0.1) is 0 Å². The van der Waals surface area contributed by atoms with E-state index in [1.165, 1.54) is 13.8 Å². The molecule has 0 heterocycles. The summed E-state index contributed by atoms with van der Waals surface area (Å²) in [4.78, 5) is 11.0. The molecule has 0 aromatic rings. The molecule has 4 heteroatoms. The van der Waals surface area contributed by atoms with Crippen LogP contribution in [0.2, 0.25) is 0 Å². The fourth-order valence-corrected chi connectivity index (χ4v) is 3.69. The van der Waals surface area contributed by atoms with Gasteiger partial charge < -0.3 is 0 Å². The molecular formula is C10H18O3S. The van der Waals surface area contributed by atoms with Gasteiger partial charge in [-0.25, -0.2) is 8.42 Å². The molecule has 0 aromatic carbocycles. The van der Waals surface area contributed by atoms with E-state index in [0.717, 1.165) is 25.7 Å². The summed E-state index contributed by atoms with van der Waals surface area (Å²) in [5, 5.41) is -0.817. The fraction of sp³-hybridized carbons (Fsp3) is 0.900. The average molecular weight is 218 g/mol. The highest BCUT2D eigenvalue weighted by Crippen LogP contribution is 2.27. The van der Waals surface area contributed by atoms with Gasteiger partial charge in [-0.1, -0.05) is 12.8 Å². The molecule has 0 bridgehead atoms. The lowest BCUT2D eigenvalue weighted by atomic mass is 10.1. The molecule has 1 unspecified atom stereocenters. The van der Waals surface area contributed by atoms with E-state index < -0.39 is 15.1 Å². The molecule has 1 aliphatic carbocycles. The maximum atomic E-state index is 11.7. The van der Waals surface area contributed by atoms with Gasteiger partial charge in [-0.3, -0.25) is 4.79 Å². The topological polar surface area (TPSA) is 51.2 Å². The van der Waals surface area contributed by atoms with Crippen molar-refractivity contribution in [3.63, 3.8) is 0 Å². The highest BCUT2D eigenvalue weighted by Gasteiger charge is 2.29. The van der Waals surface area contributed by atoms with E-state index in [9.17, 15) is 13.2 Å². The summed E-state index contributed by atoms with van der Waals surface area (Å²) >= 11 is 0. The first-order valence-corrected chi connectivity index (χ1v) is 6.87.